The lowest BCUT2D eigenvalue weighted by atomic mass is 9.89. The first-order chi connectivity index (χ1) is 8.65. The van der Waals surface area contributed by atoms with Crippen molar-refractivity contribution in [3.8, 4) is 0 Å². The van der Waals surface area contributed by atoms with Gasteiger partial charge in [0.1, 0.15) is 0 Å². The van der Waals surface area contributed by atoms with Crippen LogP contribution < -0.4 is 5.32 Å². The molecule has 2 rings (SSSR count). The van der Waals surface area contributed by atoms with Gasteiger partial charge in [-0.1, -0.05) is 18.3 Å². The molecule has 1 amide bonds. The summed E-state index contributed by atoms with van der Waals surface area (Å²) >= 11 is 0.850. The molecule has 4 nitrogen and oxygen atoms in total. The van der Waals surface area contributed by atoms with Gasteiger partial charge in [0.05, 0.1) is 6.20 Å². The van der Waals surface area contributed by atoms with Crippen LogP contribution in [0.5, 0.6) is 0 Å². The van der Waals surface area contributed by atoms with E-state index in [0.29, 0.717) is 11.0 Å². The molecule has 0 saturated carbocycles. The summed E-state index contributed by atoms with van der Waals surface area (Å²) in [7, 11) is 0. The lowest BCUT2D eigenvalue weighted by molar-refractivity contribution is -0.120. The quantitative estimate of drug-likeness (QED) is 0.916. The summed E-state index contributed by atoms with van der Waals surface area (Å²) in [5.41, 5.74) is 0. The van der Waals surface area contributed by atoms with Crippen LogP contribution in [-0.4, -0.2) is 24.1 Å². The Morgan fingerprint density at radius 1 is 1.67 bits per heavy atom. The maximum Gasteiger partial charge on any atom is 0.228 e. The van der Waals surface area contributed by atoms with Gasteiger partial charge >= 0.3 is 0 Å². The average Bonchev–Trinajstić information content (AvgIpc) is 2.76. The largest absolute Gasteiger partial charge is 0.381 e. The van der Waals surface area contributed by atoms with Crippen LogP contribution in [0.4, 0.5) is 9.52 Å². The third kappa shape index (κ3) is 3.74. The number of thiazole rings is 1. The van der Waals surface area contributed by atoms with Gasteiger partial charge in [0.15, 0.2) is 10.3 Å². The molecular weight excluding hydrogens is 255 g/mol. The Morgan fingerprint density at radius 2 is 2.39 bits per heavy atom. The van der Waals surface area contributed by atoms with Crippen molar-refractivity contribution < 1.29 is 13.9 Å². The number of carbonyl (C=O) groups is 1. The van der Waals surface area contributed by atoms with Gasteiger partial charge in [-0.15, -0.1) is 0 Å². The number of ether oxygens (including phenoxy) is 1. The molecule has 1 fully saturated rings. The summed E-state index contributed by atoms with van der Waals surface area (Å²) in [5.74, 6) is 0.378. The Kier molecular flexibility index (Phi) is 4.66. The summed E-state index contributed by atoms with van der Waals surface area (Å²) in [6.45, 7) is 3.47. The van der Waals surface area contributed by atoms with Crippen molar-refractivity contribution in [2.45, 2.75) is 26.2 Å². The molecule has 1 N–H and O–H groups in total. The molecule has 0 radical (unpaired) electrons. The smallest absolute Gasteiger partial charge is 0.228 e. The molecule has 6 heteroatoms. The molecule has 1 saturated heterocycles. The second kappa shape index (κ2) is 6.24. The number of nitrogens with one attached hydrogen (secondary N) is 1. The highest BCUT2D eigenvalue weighted by atomic mass is 32.1. The average molecular weight is 272 g/mol. The third-order valence-corrected chi connectivity index (χ3v) is 3.88. The van der Waals surface area contributed by atoms with E-state index in [0.717, 1.165) is 50.0 Å². The number of hydrogen-bond donors (Lipinski definition) is 1. The van der Waals surface area contributed by atoms with Crippen LogP contribution in [0.15, 0.2) is 6.20 Å². The van der Waals surface area contributed by atoms with Crippen LogP contribution in [0.1, 0.15) is 26.2 Å². The summed E-state index contributed by atoms with van der Waals surface area (Å²) < 4.78 is 18.0. The van der Waals surface area contributed by atoms with Gasteiger partial charge in [-0.05, 0) is 25.2 Å². The Morgan fingerprint density at radius 3 is 3.00 bits per heavy atom. The highest BCUT2D eigenvalue weighted by Gasteiger charge is 2.21. The minimum atomic E-state index is -0.387. The molecule has 0 spiro atoms. The third-order valence-electron chi connectivity index (χ3n) is 3.18. The number of nitrogens with zero attached hydrogens (tertiary/aromatic N) is 1. The summed E-state index contributed by atoms with van der Waals surface area (Å²) in [4.78, 5) is 15.7. The molecule has 0 aliphatic carbocycles. The fourth-order valence-corrected chi connectivity index (χ4v) is 2.68. The number of aromatic nitrogens is 1. The standard InChI is InChI=1S/C12H17FN2O2S/c1-8(6-9-2-4-17-5-3-9)11(16)15-12-14-7-10(13)18-12/h7-9H,2-6H2,1H3,(H,14,15,16). The molecule has 1 unspecified atom stereocenters. The Labute approximate surface area is 110 Å². The first kappa shape index (κ1) is 13.4. The van der Waals surface area contributed by atoms with Gasteiger partial charge in [0.25, 0.3) is 0 Å². The molecular formula is C12H17FN2O2S. The van der Waals surface area contributed by atoms with E-state index in [2.05, 4.69) is 10.3 Å². The zero-order valence-corrected chi connectivity index (χ0v) is 11.1. The lowest BCUT2D eigenvalue weighted by Crippen LogP contribution is -2.25. The Bertz CT molecular complexity index is 405. The summed E-state index contributed by atoms with van der Waals surface area (Å²) in [6.07, 6.45) is 4.00. The number of hydrogen-bond acceptors (Lipinski definition) is 4. The van der Waals surface area contributed by atoms with Crippen LogP contribution >= 0.6 is 11.3 Å². The van der Waals surface area contributed by atoms with Crippen LogP contribution in [0.3, 0.4) is 0 Å². The van der Waals surface area contributed by atoms with Crippen molar-refractivity contribution in [3.63, 3.8) is 0 Å². The molecule has 1 aromatic rings. The van der Waals surface area contributed by atoms with Crippen molar-refractivity contribution >= 4 is 22.4 Å². The van der Waals surface area contributed by atoms with Gasteiger partial charge in [-0.25, -0.2) is 4.98 Å². The maximum atomic E-state index is 12.7. The van der Waals surface area contributed by atoms with Crippen LogP contribution in [0, 0.1) is 17.0 Å². The highest BCUT2D eigenvalue weighted by molar-refractivity contribution is 7.14. The molecule has 0 aromatic carbocycles. The SMILES string of the molecule is CC(CC1CCOCC1)C(=O)Nc1ncc(F)s1. The fourth-order valence-electron chi connectivity index (χ4n) is 2.13. The van der Waals surface area contributed by atoms with E-state index < -0.39 is 0 Å². The molecule has 100 valence electrons. The van der Waals surface area contributed by atoms with Crippen LogP contribution in [-0.2, 0) is 9.53 Å². The van der Waals surface area contributed by atoms with Crippen LogP contribution in [0.2, 0.25) is 0 Å². The topological polar surface area (TPSA) is 51.2 Å². The fraction of sp³-hybridized carbons (Fsp3) is 0.667. The number of amides is 1. The lowest BCUT2D eigenvalue weighted by Gasteiger charge is -2.24. The molecule has 1 aliphatic rings. The van der Waals surface area contributed by atoms with E-state index in [1.54, 1.807) is 0 Å². The van der Waals surface area contributed by atoms with Crippen molar-refractivity contribution in [1.29, 1.82) is 0 Å². The van der Waals surface area contributed by atoms with E-state index in [4.69, 9.17) is 4.74 Å². The Hall–Kier alpha value is -1.01. The van der Waals surface area contributed by atoms with Gasteiger partial charge in [0.2, 0.25) is 5.91 Å². The number of halogens is 1. The van der Waals surface area contributed by atoms with Crippen molar-refractivity contribution in [3.05, 3.63) is 11.3 Å². The zero-order chi connectivity index (χ0) is 13.0. The van der Waals surface area contributed by atoms with E-state index in [9.17, 15) is 9.18 Å². The molecule has 0 bridgehead atoms. The minimum Gasteiger partial charge on any atom is -0.381 e. The van der Waals surface area contributed by atoms with E-state index >= 15 is 0 Å². The second-order valence-corrected chi connectivity index (χ2v) is 5.63. The van der Waals surface area contributed by atoms with E-state index in [1.165, 1.54) is 0 Å². The monoisotopic (exact) mass is 272 g/mol. The summed E-state index contributed by atoms with van der Waals surface area (Å²) in [5, 5.41) is 2.59. The number of anilines is 1. The van der Waals surface area contributed by atoms with Gasteiger partial charge in [-0.3, -0.25) is 4.79 Å². The van der Waals surface area contributed by atoms with Gasteiger partial charge in [0, 0.05) is 19.1 Å². The molecule has 1 aliphatic heterocycles. The van der Waals surface area contributed by atoms with Crippen molar-refractivity contribution in [2.24, 2.45) is 11.8 Å². The predicted molar refractivity (Wildman–Crippen MR) is 68.0 cm³/mol. The second-order valence-electron chi connectivity index (χ2n) is 4.65. The molecule has 2 heterocycles. The molecule has 1 atom stereocenters. The van der Waals surface area contributed by atoms with Gasteiger partial charge in [-0.2, -0.15) is 4.39 Å². The van der Waals surface area contributed by atoms with Gasteiger partial charge < -0.3 is 10.1 Å². The Balaban J connectivity index is 1.80. The normalized spacial score (nSPS) is 18.6. The number of carbonyl (C=O) groups excluding carboxylic acids is 1. The predicted octanol–water partition coefficient (Wildman–Crippen LogP) is 2.67. The first-order valence-electron chi connectivity index (χ1n) is 6.15. The minimum absolute atomic E-state index is 0.0833. The highest BCUT2D eigenvalue weighted by Crippen LogP contribution is 2.24. The van der Waals surface area contributed by atoms with Crippen molar-refractivity contribution in [1.82, 2.24) is 4.98 Å². The first-order valence-corrected chi connectivity index (χ1v) is 6.96. The molecule has 18 heavy (non-hydrogen) atoms. The number of rotatable bonds is 4. The zero-order valence-electron chi connectivity index (χ0n) is 10.3. The van der Waals surface area contributed by atoms with Crippen LogP contribution in [0.25, 0.3) is 0 Å². The van der Waals surface area contributed by atoms with Crippen molar-refractivity contribution in [2.75, 3.05) is 18.5 Å². The maximum absolute atomic E-state index is 12.7. The van der Waals surface area contributed by atoms with E-state index in [1.807, 2.05) is 6.92 Å². The van der Waals surface area contributed by atoms with E-state index in [-0.39, 0.29) is 17.0 Å². The summed E-state index contributed by atoms with van der Waals surface area (Å²) in [6, 6.07) is 0. The molecule has 1 aromatic heterocycles.